The molecule has 0 aromatic heterocycles. The van der Waals surface area contributed by atoms with Gasteiger partial charge >= 0.3 is 5.97 Å². The summed E-state index contributed by atoms with van der Waals surface area (Å²) in [6.07, 6.45) is 0.942. The fraction of sp³-hybridized carbons (Fsp3) is 0.333. The van der Waals surface area contributed by atoms with Crippen LogP contribution in [-0.2, 0) is 9.53 Å². The lowest BCUT2D eigenvalue weighted by Crippen LogP contribution is -2.12. The zero-order chi connectivity index (χ0) is 13.5. The monoisotopic (exact) mass is 271 g/mol. The van der Waals surface area contributed by atoms with Gasteiger partial charge in [-0.3, -0.25) is 4.79 Å². The van der Waals surface area contributed by atoms with E-state index in [-0.39, 0.29) is 16.5 Å². The number of carbonyl (C=O) groups is 2. The first-order chi connectivity index (χ1) is 8.54. The molecule has 0 radical (unpaired) electrons. The molecule has 98 valence electrons. The summed E-state index contributed by atoms with van der Waals surface area (Å²) in [4.78, 5) is 22.2. The molecule has 1 rings (SSSR count). The SMILES string of the molecule is COCCCC(=O)Nc1ccc(C(=O)O)cc1Cl. The molecule has 1 aromatic carbocycles. The lowest BCUT2D eigenvalue weighted by Gasteiger charge is -2.07. The number of hydrogen-bond acceptors (Lipinski definition) is 3. The number of rotatable bonds is 6. The van der Waals surface area contributed by atoms with Gasteiger partial charge in [0.15, 0.2) is 0 Å². The Hall–Kier alpha value is -1.59. The minimum Gasteiger partial charge on any atom is -0.478 e. The topological polar surface area (TPSA) is 75.6 Å². The number of benzene rings is 1. The Morgan fingerprint density at radius 1 is 1.44 bits per heavy atom. The van der Waals surface area contributed by atoms with Gasteiger partial charge in [0.05, 0.1) is 16.3 Å². The maximum atomic E-state index is 11.5. The number of anilines is 1. The second kappa shape index (κ2) is 6.98. The van der Waals surface area contributed by atoms with Crippen molar-refractivity contribution in [2.75, 3.05) is 19.0 Å². The molecule has 0 saturated heterocycles. The molecule has 0 atom stereocenters. The molecule has 0 bridgehead atoms. The fourth-order valence-electron chi connectivity index (χ4n) is 1.34. The normalized spacial score (nSPS) is 10.1. The Morgan fingerprint density at radius 2 is 2.17 bits per heavy atom. The molecule has 0 aliphatic rings. The number of carbonyl (C=O) groups excluding carboxylic acids is 1. The summed E-state index contributed by atoms with van der Waals surface area (Å²) in [5.74, 6) is -1.24. The third-order valence-electron chi connectivity index (χ3n) is 2.24. The average molecular weight is 272 g/mol. The molecule has 1 amide bonds. The van der Waals surface area contributed by atoms with Crippen molar-refractivity contribution in [1.82, 2.24) is 0 Å². The standard InChI is InChI=1S/C12H14ClNO4/c1-18-6-2-3-11(15)14-10-5-4-8(12(16)17)7-9(10)13/h4-5,7H,2-3,6H2,1H3,(H,14,15)(H,16,17). The van der Waals surface area contributed by atoms with Crippen molar-refractivity contribution in [3.8, 4) is 0 Å². The van der Waals surface area contributed by atoms with Crippen molar-refractivity contribution < 1.29 is 19.4 Å². The number of methoxy groups -OCH3 is 1. The average Bonchev–Trinajstić information content (AvgIpc) is 2.32. The van der Waals surface area contributed by atoms with Crippen molar-refractivity contribution in [3.05, 3.63) is 28.8 Å². The molecule has 6 heteroatoms. The smallest absolute Gasteiger partial charge is 0.335 e. The molecular weight excluding hydrogens is 258 g/mol. The minimum atomic E-state index is -1.06. The molecular formula is C12H14ClNO4. The largest absolute Gasteiger partial charge is 0.478 e. The van der Waals surface area contributed by atoms with E-state index in [1.54, 1.807) is 7.11 Å². The van der Waals surface area contributed by atoms with Crippen LogP contribution in [0.15, 0.2) is 18.2 Å². The second-order valence-corrected chi connectivity index (χ2v) is 4.05. The predicted molar refractivity (Wildman–Crippen MR) is 68.2 cm³/mol. The molecule has 5 nitrogen and oxygen atoms in total. The number of halogens is 1. The molecule has 0 aliphatic heterocycles. The van der Waals surface area contributed by atoms with Crippen LogP contribution < -0.4 is 5.32 Å². The molecule has 0 saturated carbocycles. The van der Waals surface area contributed by atoms with E-state index < -0.39 is 5.97 Å². The summed E-state index contributed by atoms with van der Waals surface area (Å²) in [6, 6.07) is 4.16. The number of carboxylic acids is 1. The first kappa shape index (κ1) is 14.5. The van der Waals surface area contributed by atoms with Crippen LogP contribution in [-0.4, -0.2) is 30.7 Å². The number of amides is 1. The zero-order valence-electron chi connectivity index (χ0n) is 9.90. The van der Waals surface area contributed by atoms with Crippen molar-refractivity contribution in [2.24, 2.45) is 0 Å². The number of nitrogens with one attached hydrogen (secondary N) is 1. The number of hydrogen-bond donors (Lipinski definition) is 2. The van der Waals surface area contributed by atoms with Crippen molar-refractivity contribution in [2.45, 2.75) is 12.8 Å². The summed E-state index contributed by atoms with van der Waals surface area (Å²) in [6.45, 7) is 0.513. The van der Waals surface area contributed by atoms with E-state index in [2.05, 4.69) is 5.32 Å². The van der Waals surface area contributed by atoms with E-state index in [0.717, 1.165) is 0 Å². The quantitative estimate of drug-likeness (QED) is 0.779. The van der Waals surface area contributed by atoms with Crippen molar-refractivity contribution in [1.29, 1.82) is 0 Å². The van der Waals surface area contributed by atoms with Gasteiger partial charge in [0.2, 0.25) is 5.91 Å². The third kappa shape index (κ3) is 4.35. The summed E-state index contributed by atoms with van der Waals surface area (Å²) in [5, 5.41) is 11.6. The third-order valence-corrected chi connectivity index (χ3v) is 2.56. The number of carboxylic acid groups (broad SMARTS) is 1. The highest BCUT2D eigenvalue weighted by Gasteiger charge is 2.09. The van der Waals surface area contributed by atoms with Crippen LogP contribution in [0.1, 0.15) is 23.2 Å². The summed E-state index contributed by atoms with van der Waals surface area (Å²) in [7, 11) is 1.57. The van der Waals surface area contributed by atoms with E-state index in [9.17, 15) is 9.59 Å². The van der Waals surface area contributed by atoms with Gasteiger partial charge in [0.1, 0.15) is 0 Å². The molecule has 2 N–H and O–H groups in total. The van der Waals surface area contributed by atoms with Crippen LogP contribution in [0.2, 0.25) is 5.02 Å². The molecule has 0 unspecified atom stereocenters. The van der Waals surface area contributed by atoms with Crippen LogP contribution in [0.5, 0.6) is 0 Å². The molecule has 0 fully saturated rings. The van der Waals surface area contributed by atoms with E-state index in [4.69, 9.17) is 21.4 Å². The Bertz CT molecular complexity index is 448. The second-order valence-electron chi connectivity index (χ2n) is 3.64. The van der Waals surface area contributed by atoms with Gasteiger partial charge in [-0.1, -0.05) is 11.6 Å². The predicted octanol–water partition coefficient (Wildman–Crippen LogP) is 2.40. The van der Waals surface area contributed by atoms with E-state index in [1.807, 2.05) is 0 Å². The highest BCUT2D eigenvalue weighted by molar-refractivity contribution is 6.34. The molecule has 0 aliphatic carbocycles. The van der Waals surface area contributed by atoms with Crippen molar-refractivity contribution in [3.63, 3.8) is 0 Å². The maximum Gasteiger partial charge on any atom is 0.335 e. The maximum absolute atomic E-state index is 11.5. The van der Waals surface area contributed by atoms with Gasteiger partial charge in [0, 0.05) is 20.1 Å². The number of ether oxygens (including phenoxy) is 1. The summed E-state index contributed by atoms with van der Waals surface area (Å²) in [5.41, 5.74) is 0.487. The number of aromatic carboxylic acids is 1. The Morgan fingerprint density at radius 3 is 2.72 bits per heavy atom. The minimum absolute atomic E-state index is 0.0809. The van der Waals surface area contributed by atoms with Crippen LogP contribution in [0.4, 0.5) is 5.69 Å². The van der Waals surface area contributed by atoms with Gasteiger partial charge in [-0.25, -0.2) is 4.79 Å². The van der Waals surface area contributed by atoms with Crippen LogP contribution in [0, 0.1) is 0 Å². The highest BCUT2D eigenvalue weighted by Crippen LogP contribution is 2.23. The molecule has 1 aromatic rings. The first-order valence-electron chi connectivity index (χ1n) is 5.36. The van der Waals surface area contributed by atoms with Crippen molar-refractivity contribution >= 4 is 29.2 Å². The Labute approximate surface area is 110 Å². The van der Waals surface area contributed by atoms with Gasteiger partial charge in [0.25, 0.3) is 0 Å². The Kier molecular flexibility index (Phi) is 5.61. The zero-order valence-corrected chi connectivity index (χ0v) is 10.7. The van der Waals surface area contributed by atoms with E-state index in [0.29, 0.717) is 25.1 Å². The van der Waals surface area contributed by atoms with Crippen LogP contribution in [0.25, 0.3) is 0 Å². The van der Waals surface area contributed by atoms with Gasteiger partial charge in [-0.2, -0.15) is 0 Å². The summed E-state index contributed by atoms with van der Waals surface area (Å²) < 4.78 is 4.84. The first-order valence-corrected chi connectivity index (χ1v) is 5.74. The van der Waals surface area contributed by atoms with Crippen LogP contribution in [0.3, 0.4) is 0 Å². The van der Waals surface area contributed by atoms with Gasteiger partial charge in [-0.05, 0) is 24.6 Å². The Balaban J connectivity index is 2.62. The van der Waals surface area contributed by atoms with Gasteiger partial charge < -0.3 is 15.2 Å². The lowest BCUT2D eigenvalue weighted by atomic mass is 10.2. The van der Waals surface area contributed by atoms with Crippen LogP contribution >= 0.6 is 11.6 Å². The van der Waals surface area contributed by atoms with E-state index >= 15 is 0 Å². The van der Waals surface area contributed by atoms with Gasteiger partial charge in [-0.15, -0.1) is 0 Å². The summed E-state index contributed by atoms with van der Waals surface area (Å²) >= 11 is 5.88. The highest BCUT2D eigenvalue weighted by atomic mass is 35.5. The fourth-order valence-corrected chi connectivity index (χ4v) is 1.57. The lowest BCUT2D eigenvalue weighted by molar-refractivity contribution is -0.116. The molecule has 0 heterocycles. The molecule has 0 spiro atoms. The van der Waals surface area contributed by atoms with E-state index in [1.165, 1.54) is 18.2 Å². The molecule has 18 heavy (non-hydrogen) atoms.